The van der Waals surface area contributed by atoms with Gasteiger partial charge < -0.3 is 0 Å². The van der Waals surface area contributed by atoms with Gasteiger partial charge in [-0.25, -0.2) is 0 Å². The molecule has 2 heterocycles. The maximum atomic E-state index is 11.6. The van der Waals surface area contributed by atoms with Gasteiger partial charge in [0.15, 0.2) is 0 Å². The second-order valence-electron chi connectivity index (χ2n) is 4.80. The van der Waals surface area contributed by atoms with E-state index in [2.05, 4.69) is 0 Å². The van der Waals surface area contributed by atoms with Gasteiger partial charge >= 0.3 is 0 Å². The lowest BCUT2D eigenvalue weighted by atomic mass is 10.1. The van der Waals surface area contributed by atoms with Crippen molar-refractivity contribution < 1.29 is 19.2 Å². The molecule has 0 spiro atoms. The number of nitrogens with zero attached hydrogens (tertiary/aromatic N) is 2. The molecule has 0 radical (unpaired) electrons. The molecule has 2 aliphatic heterocycles. The highest BCUT2D eigenvalue weighted by molar-refractivity contribution is 6.04. The van der Waals surface area contributed by atoms with E-state index in [0.29, 0.717) is 0 Å². The molecule has 0 aliphatic carbocycles. The van der Waals surface area contributed by atoms with Crippen LogP contribution in [-0.2, 0) is 19.2 Å². The third-order valence-corrected chi connectivity index (χ3v) is 3.69. The fourth-order valence-electron chi connectivity index (χ4n) is 2.53. The average molecular weight is 252 g/mol. The summed E-state index contributed by atoms with van der Waals surface area (Å²) in [6.45, 7) is 3.40. The van der Waals surface area contributed by atoms with Crippen LogP contribution in [0.25, 0.3) is 0 Å². The lowest BCUT2D eigenvalue weighted by Gasteiger charge is -2.33. The van der Waals surface area contributed by atoms with Crippen molar-refractivity contribution in [1.29, 1.82) is 0 Å². The van der Waals surface area contributed by atoms with E-state index in [9.17, 15) is 19.2 Å². The number of likely N-dealkylation sites (tertiary alicyclic amines) is 2. The molecule has 0 aromatic heterocycles. The van der Waals surface area contributed by atoms with E-state index in [1.165, 1.54) is 9.80 Å². The van der Waals surface area contributed by atoms with Crippen LogP contribution in [0, 0.1) is 0 Å². The van der Waals surface area contributed by atoms with Crippen molar-refractivity contribution in [1.82, 2.24) is 9.80 Å². The Balaban J connectivity index is 2.15. The summed E-state index contributed by atoms with van der Waals surface area (Å²) < 4.78 is 0. The molecular formula is C12H16N2O4. The SMILES string of the molecule is CC(C(C)N1C(=O)CCC1=O)N1C(=O)CCC1=O. The highest BCUT2D eigenvalue weighted by Crippen LogP contribution is 2.23. The van der Waals surface area contributed by atoms with Gasteiger partial charge in [-0.3, -0.25) is 29.0 Å². The first-order valence-corrected chi connectivity index (χ1v) is 6.13. The van der Waals surface area contributed by atoms with Crippen LogP contribution in [0.2, 0.25) is 0 Å². The predicted octanol–water partition coefficient (Wildman–Crippen LogP) is 0.0614. The monoisotopic (exact) mass is 252 g/mol. The number of rotatable bonds is 3. The summed E-state index contributed by atoms with van der Waals surface area (Å²) >= 11 is 0. The van der Waals surface area contributed by atoms with Crippen LogP contribution in [0.1, 0.15) is 39.5 Å². The van der Waals surface area contributed by atoms with E-state index in [-0.39, 0.29) is 49.3 Å². The van der Waals surface area contributed by atoms with Gasteiger partial charge in [0.1, 0.15) is 0 Å². The fraction of sp³-hybridized carbons (Fsp3) is 0.667. The van der Waals surface area contributed by atoms with Crippen LogP contribution in [0.5, 0.6) is 0 Å². The van der Waals surface area contributed by atoms with Crippen LogP contribution in [-0.4, -0.2) is 45.5 Å². The Hall–Kier alpha value is -1.72. The van der Waals surface area contributed by atoms with Crippen LogP contribution < -0.4 is 0 Å². The summed E-state index contributed by atoms with van der Waals surface area (Å²) in [5, 5.41) is 0. The van der Waals surface area contributed by atoms with E-state index >= 15 is 0 Å². The van der Waals surface area contributed by atoms with Gasteiger partial charge in [-0.1, -0.05) is 0 Å². The molecule has 98 valence electrons. The van der Waals surface area contributed by atoms with Crippen molar-refractivity contribution in [2.45, 2.75) is 51.6 Å². The molecule has 18 heavy (non-hydrogen) atoms. The van der Waals surface area contributed by atoms with Crippen molar-refractivity contribution >= 4 is 23.6 Å². The largest absolute Gasteiger partial charge is 0.278 e. The molecule has 4 amide bonds. The van der Waals surface area contributed by atoms with E-state index in [1.54, 1.807) is 13.8 Å². The maximum Gasteiger partial charge on any atom is 0.230 e. The van der Waals surface area contributed by atoms with Gasteiger partial charge in [0.2, 0.25) is 23.6 Å². The minimum Gasteiger partial charge on any atom is -0.278 e. The first-order valence-electron chi connectivity index (χ1n) is 6.13. The molecule has 0 aromatic carbocycles. The van der Waals surface area contributed by atoms with Gasteiger partial charge in [0.05, 0.1) is 12.1 Å². The van der Waals surface area contributed by atoms with Crippen LogP contribution in [0.15, 0.2) is 0 Å². The molecule has 0 bridgehead atoms. The first-order chi connectivity index (χ1) is 8.43. The predicted molar refractivity (Wildman–Crippen MR) is 61.1 cm³/mol. The quantitative estimate of drug-likeness (QED) is 0.666. The van der Waals surface area contributed by atoms with E-state index in [4.69, 9.17) is 0 Å². The Morgan fingerprint density at radius 1 is 0.667 bits per heavy atom. The summed E-state index contributed by atoms with van der Waals surface area (Å²) in [5.74, 6) is -0.895. The van der Waals surface area contributed by atoms with E-state index in [0.717, 1.165) is 0 Å². The number of hydrogen-bond acceptors (Lipinski definition) is 4. The van der Waals surface area contributed by atoms with Crippen molar-refractivity contribution in [3.63, 3.8) is 0 Å². The summed E-state index contributed by atoms with van der Waals surface area (Å²) in [7, 11) is 0. The normalized spacial score (nSPS) is 24.1. The zero-order chi connectivity index (χ0) is 13.4. The number of hydrogen-bond donors (Lipinski definition) is 0. The van der Waals surface area contributed by atoms with Gasteiger partial charge in [-0.05, 0) is 13.8 Å². The topological polar surface area (TPSA) is 74.8 Å². The Morgan fingerprint density at radius 3 is 1.11 bits per heavy atom. The minimum atomic E-state index is -0.460. The van der Waals surface area contributed by atoms with E-state index in [1.807, 2.05) is 0 Å². The Morgan fingerprint density at radius 2 is 0.889 bits per heavy atom. The molecule has 0 aromatic rings. The van der Waals surface area contributed by atoms with Crippen molar-refractivity contribution in [3.05, 3.63) is 0 Å². The molecule has 2 unspecified atom stereocenters. The Kier molecular flexibility index (Phi) is 3.19. The van der Waals surface area contributed by atoms with E-state index < -0.39 is 12.1 Å². The minimum absolute atomic E-state index is 0.220. The number of carbonyl (C=O) groups is 4. The zero-order valence-corrected chi connectivity index (χ0v) is 10.5. The Labute approximate surface area is 105 Å². The second-order valence-corrected chi connectivity index (χ2v) is 4.80. The van der Waals surface area contributed by atoms with Gasteiger partial charge in [0, 0.05) is 25.7 Å². The highest BCUT2D eigenvalue weighted by atomic mass is 16.2. The zero-order valence-electron chi connectivity index (χ0n) is 10.5. The third-order valence-electron chi connectivity index (χ3n) is 3.69. The number of amides is 4. The molecule has 0 saturated carbocycles. The van der Waals surface area contributed by atoms with Crippen molar-refractivity contribution in [3.8, 4) is 0 Å². The van der Waals surface area contributed by atoms with Crippen LogP contribution in [0.4, 0.5) is 0 Å². The number of imide groups is 2. The first kappa shape index (κ1) is 12.7. The average Bonchev–Trinajstić information content (AvgIpc) is 2.81. The Bertz CT molecular complexity index is 360. The number of carbonyl (C=O) groups excluding carboxylic acids is 4. The summed E-state index contributed by atoms with van der Waals surface area (Å²) in [4.78, 5) is 48.9. The van der Waals surface area contributed by atoms with Crippen molar-refractivity contribution in [2.75, 3.05) is 0 Å². The molecular weight excluding hydrogens is 236 g/mol. The van der Waals surface area contributed by atoms with Crippen molar-refractivity contribution in [2.24, 2.45) is 0 Å². The summed E-state index contributed by atoms with van der Waals surface area (Å²) in [6, 6.07) is -0.919. The van der Waals surface area contributed by atoms with Gasteiger partial charge in [0.25, 0.3) is 0 Å². The van der Waals surface area contributed by atoms with Crippen LogP contribution in [0.3, 0.4) is 0 Å². The summed E-state index contributed by atoms with van der Waals surface area (Å²) in [5.41, 5.74) is 0. The lowest BCUT2D eigenvalue weighted by Crippen LogP contribution is -2.52. The summed E-state index contributed by atoms with van der Waals surface area (Å²) in [6.07, 6.45) is 0.880. The molecule has 2 atom stereocenters. The molecule has 0 N–H and O–H groups in total. The maximum absolute atomic E-state index is 11.6. The molecule has 6 nitrogen and oxygen atoms in total. The molecule has 2 fully saturated rings. The lowest BCUT2D eigenvalue weighted by molar-refractivity contribution is -0.149. The molecule has 2 aliphatic rings. The molecule has 2 rings (SSSR count). The standard InChI is InChI=1S/C12H16N2O4/c1-7(13-9(15)3-4-10(13)16)8(2)14-11(17)5-6-12(14)18/h7-8H,3-6H2,1-2H3. The molecule has 2 saturated heterocycles. The van der Waals surface area contributed by atoms with Crippen LogP contribution >= 0.6 is 0 Å². The third kappa shape index (κ3) is 1.91. The highest BCUT2D eigenvalue weighted by Gasteiger charge is 2.41. The van der Waals surface area contributed by atoms with Gasteiger partial charge in [-0.15, -0.1) is 0 Å². The van der Waals surface area contributed by atoms with Gasteiger partial charge in [-0.2, -0.15) is 0 Å². The molecule has 6 heteroatoms. The fourth-order valence-corrected chi connectivity index (χ4v) is 2.53. The smallest absolute Gasteiger partial charge is 0.230 e. The second kappa shape index (κ2) is 4.51.